The van der Waals surface area contributed by atoms with Crippen LogP contribution in [0.4, 0.5) is 0 Å². The summed E-state index contributed by atoms with van der Waals surface area (Å²) < 4.78 is 7.90. The fourth-order valence-corrected chi connectivity index (χ4v) is 0.194. The Morgan fingerprint density at radius 2 is 2.50 bits per heavy atom. The molecule has 0 bridgehead atoms. The van der Waals surface area contributed by atoms with Gasteiger partial charge >= 0.3 is 0 Å². The van der Waals surface area contributed by atoms with Gasteiger partial charge in [-0.25, -0.2) is 0 Å². The molecule has 0 amide bonds. The molecule has 0 unspecified atom stereocenters. The van der Waals surface area contributed by atoms with E-state index in [0.717, 1.165) is 0 Å². The number of carbonyl (C=O) groups excluding carboxylic acids is 1. The van der Waals surface area contributed by atoms with Gasteiger partial charge in [0.15, 0.2) is 0 Å². The van der Waals surface area contributed by atoms with Crippen LogP contribution in [0.25, 0.3) is 0 Å². The van der Waals surface area contributed by atoms with Crippen LogP contribution >= 0.6 is 12.0 Å². The fraction of sp³-hybridized carbons (Fsp3) is 0.667. The Hall–Kier alpha value is -0.0200. The van der Waals surface area contributed by atoms with Crippen molar-refractivity contribution in [1.29, 1.82) is 0 Å². The second-order valence-electron chi connectivity index (χ2n) is 0.817. The lowest BCUT2D eigenvalue weighted by atomic mass is 10.6. The van der Waals surface area contributed by atoms with Crippen molar-refractivity contribution in [1.82, 2.24) is 0 Å². The van der Waals surface area contributed by atoms with Crippen molar-refractivity contribution in [2.75, 3.05) is 0 Å². The maximum absolute atomic E-state index is 9.89. The molecule has 0 aromatic carbocycles. The minimum absolute atomic E-state index is 0.185. The molecule has 0 aliphatic rings. The Morgan fingerprint density at radius 3 is 2.50 bits per heavy atom. The van der Waals surface area contributed by atoms with Gasteiger partial charge in [-0.1, -0.05) is 6.92 Å². The summed E-state index contributed by atoms with van der Waals surface area (Å²) in [5.41, 5.74) is 0. The van der Waals surface area contributed by atoms with Crippen molar-refractivity contribution in [3.8, 4) is 0 Å². The highest BCUT2D eigenvalue weighted by molar-refractivity contribution is 8.08. The van der Waals surface area contributed by atoms with Crippen LogP contribution in [0.5, 0.6) is 0 Å². The Kier molecular flexibility index (Phi) is 3.17. The lowest BCUT2D eigenvalue weighted by Gasteiger charge is -1.79. The molecule has 0 saturated carbocycles. The third kappa shape index (κ3) is 2.23. The van der Waals surface area contributed by atoms with Crippen LogP contribution < -0.4 is 0 Å². The van der Waals surface area contributed by atoms with Crippen LogP contribution in [0.1, 0.15) is 13.3 Å². The average molecular weight is 106 g/mol. The molecule has 0 aromatic heterocycles. The fourth-order valence-electron chi connectivity index (χ4n) is 0.0645. The summed E-state index contributed by atoms with van der Waals surface area (Å²) in [5, 5.41) is -0.185. The predicted molar refractivity (Wildman–Crippen MR) is 25.5 cm³/mol. The first-order valence-corrected chi connectivity index (χ1v) is 2.42. The van der Waals surface area contributed by atoms with E-state index in [-0.39, 0.29) is 17.2 Å². The van der Waals surface area contributed by atoms with E-state index in [1.54, 1.807) is 6.92 Å². The van der Waals surface area contributed by atoms with Crippen LogP contribution in [-0.2, 0) is 4.79 Å². The lowest BCUT2D eigenvalue weighted by molar-refractivity contribution is -0.111. The van der Waals surface area contributed by atoms with Gasteiger partial charge in [-0.05, 0) is 0 Å². The van der Waals surface area contributed by atoms with E-state index in [9.17, 15) is 4.79 Å². The van der Waals surface area contributed by atoms with Crippen molar-refractivity contribution >= 4 is 17.2 Å². The molecule has 3 heteroatoms. The summed E-state index contributed by atoms with van der Waals surface area (Å²) in [6.45, 7) is 1.70. The molecule has 0 saturated heterocycles. The molecular formula is C3H6O2S. The zero-order valence-corrected chi connectivity index (χ0v) is 4.29. The molecule has 36 valence electrons. The predicted octanol–water partition coefficient (Wildman–Crippen LogP) is 1.13. The standard InChI is InChI=1S/C3H6O2S/c1-2-3(4)6-5/h5H,2H2,1H3. The van der Waals surface area contributed by atoms with Crippen LogP contribution in [0.15, 0.2) is 0 Å². The summed E-state index contributed by atoms with van der Waals surface area (Å²) in [6.07, 6.45) is 0.404. The maximum atomic E-state index is 9.89. The molecule has 0 spiro atoms. The molecule has 6 heavy (non-hydrogen) atoms. The van der Waals surface area contributed by atoms with Crippen molar-refractivity contribution in [2.24, 2.45) is 0 Å². The molecule has 0 fully saturated rings. The maximum Gasteiger partial charge on any atom is 0.215 e. The van der Waals surface area contributed by atoms with E-state index in [1.807, 2.05) is 0 Å². The van der Waals surface area contributed by atoms with E-state index in [4.69, 9.17) is 4.55 Å². The van der Waals surface area contributed by atoms with E-state index < -0.39 is 0 Å². The minimum Gasteiger partial charge on any atom is -0.323 e. The molecule has 0 atom stereocenters. The van der Waals surface area contributed by atoms with Crippen molar-refractivity contribution < 1.29 is 9.35 Å². The van der Waals surface area contributed by atoms with Crippen LogP contribution in [-0.4, -0.2) is 9.67 Å². The first-order valence-electron chi connectivity index (χ1n) is 1.65. The van der Waals surface area contributed by atoms with Gasteiger partial charge < -0.3 is 4.55 Å². The van der Waals surface area contributed by atoms with E-state index in [1.165, 1.54) is 0 Å². The zero-order valence-electron chi connectivity index (χ0n) is 3.47. The van der Waals surface area contributed by atoms with Gasteiger partial charge in [-0.3, -0.25) is 4.79 Å². The van der Waals surface area contributed by atoms with E-state index >= 15 is 0 Å². The quantitative estimate of drug-likeness (QED) is 0.509. The molecule has 1 N–H and O–H groups in total. The third-order valence-corrected chi connectivity index (χ3v) is 0.883. The van der Waals surface area contributed by atoms with Gasteiger partial charge in [0, 0.05) is 6.42 Å². The van der Waals surface area contributed by atoms with Gasteiger partial charge in [0.2, 0.25) is 5.12 Å². The Balaban J connectivity index is 2.99. The number of carbonyl (C=O) groups is 1. The first kappa shape index (κ1) is 5.98. The Morgan fingerprint density at radius 1 is 2.00 bits per heavy atom. The monoisotopic (exact) mass is 106 g/mol. The Labute approximate surface area is 40.8 Å². The summed E-state index contributed by atoms with van der Waals surface area (Å²) in [5.74, 6) is 0. The first-order chi connectivity index (χ1) is 2.81. The van der Waals surface area contributed by atoms with Crippen LogP contribution in [0, 0.1) is 0 Å². The second-order valence-corrected chi connectivity index (χ2v) is 1.45. The highest BCUT2D eigenvalue weighted by Crippen LogP contribution is 1.95. The van der Waals surface area contributed by atoms with Crippen molar-refractivity contribution in [3.05, 3.63) is 0 Å². The summed E-state index contributed by atoms with van der Waals surface area (Å²) in [4.78, 5) is 9.89. The van der Waals surface area contributed by atoms with Crippen LogP contribution in [0.3, 0.4) is 0 Å². The zero-order chi connectivity index (χ0) is 4.99. The van der Waals surface area contributed by atoms with Crippen LogP contribution in [0.2, 0.25) is 0 Å². The Bertz CT molecular complexity index is 46.8. The number of hydrogen-bond acceptors (Lipinski definition) is 3. The number of rotatable bonds is 1. The normalized spacial score (nSPS) is 8.33. The second kappa shape index (κ2) is 3.18. The van der Waals surface area contributed by atoms with Gasteiger partial charge in [-0.2, -0.15) is 0 Å². The summed E-state index contributed by atoms with van der Waals surface area (Å²) in [7, 11) is 0. The summed E-state index contributed by atoms with van der Waals surface area (Å²) in [6, 6.07) is 0. The smallest absolute Gasteiger partial charge is 0.215 e. The van der Waals surface area contributed by atoms with Gasteiger partial charge in [-0.15, -0.1) is 0 Å². The molecule has 0 radical (unpaired) electrons. The molecule has 0 rings (SSSR count). The number of hydrogen-bond donors (Lipinski definition) is 1. The van der Waals surface area contributed by atoms with Crippen molar-refractivity contribution in [3.63, 3.8) is 0 Å². The third-order valence-electron chi connectivity index (χ3n) is 0.390. The lowest BCUT2D eigenvalue weighted by Crippen LogP contribution is -1.82. The van der Waals surface area contributed by atoms with Gasteiger partial charge in [0.05, 0.1) is 12.0 Å². The average Bonchev–Trinajstić information content (AvgIpc) is 1.65. The largest absolute Gasteiger partial charge is 0.323 e. The molecular weight excluding hydrogens is 100 g/mol. The molecule has 0 heterocycles. The van der Waals surface area contributed by atoms with Gasteiger partial charge in [0.1, 0.15) is 0 Å². The molecule has 0 aliphatic heterocycles. The van der Waals surface area contributed by atoms with E-state index in [2.05, 4.69) is 0 Å². The topological polar surface area (TPSA) is 37.3 Å². The van der Waals surface area contributed by atoms with E-state index in [0.29, 0.717) is 6.42 Å². The molecule has 2 nitrogen and oxygen atoms in total. The molecule has 0 aromatic rings. The van der Waals surface area contributed by atoms with Gasteiger partial charge in [0.25, 0.3) is 0 Å². The summed E-state index contributed by atoms with van der Waals surface area (Å²) >= 11 is 0.286. The SMILES string of the molecule is CCC(=O)SO. The minimum atomic E-state index is -0.185. The highest BCUT2D eigenvalue weighted by atomic mass is 32.2. The van der Waals surface area contributed by atoms with Crippen molar-refractivity contribution in [2.45, 2.75) is 13.3 Å². The highest BCUT2D eigenvalue weighted by Gasteiger charge is 1.90. The molecule has 0 aliphatic carbocycles.